The van der Waals surface area contributed by atoms with Gasteiger partial charge in [-0.25, -0.2) is 0 Å². The van der Waals surface area contributed by atoms with Gasteiger partial charge in [0.15, 0.2) is 11.5 Å². The topological polar surface area (TPSA) is 72.0 Å². The van der Waals surface area contributed by atoms with Crippen LogP contribution < -0.4 is 0 Å². The lowest BCUT2D eigenvalue weighted by Gasteiger charge is -1.97. The number of para-hydroxylation sites is 1. The van der Waals surface area contributed by atoms with Gasteiger partial charge < -0.3 is 20.2 Å². The first kappa shape index (κ1) is 12.2. The van der Waals surface area contributed by atoms with Gasteiger partial charge >= 0.3 is 0 Å². The van der Waals surface area contributed by atoms with Gasteiger partial charge in [-0.05, 0) is 18.2 Å². The zero-order valence-electron chi connectivity index (χ0n) is 10.8. The Balaban J connectivity index is 2.31. The van der Waals surface area contributed by atoms with E-state index in [9.17, 15) is 10.2 Å². The van der Waals surface area contributed by atoms with Crippen LogP contribution in [0.2, 0.25) is 0 Å². The van der Waals surface area contributed by atoms with E-state index in [-0.39, 0.29) is 11.5 Å². The number of benzene rings is 1. The smallest absolute Gasteiger partial charge is 0.150 e. The molecule has 0 unspecified atom stereocenters. The molecule has 0 aliphatic carbocycles. The average molecular weight is 266 g/mol. The first-order valence-corrected chi connectivity index (χ1v) is 6.17. The maximum Gasteiger partial charge on any atom is 0.150 e. The zero-order valence-corrected chi connectivity index (χ0v) is 10.8. The minimum atomic E-state index is 0.0387. The monoisotopic (exact) mass is 266 g/mol. The summed E-state index contributed by atoms with van der Waals surface area (Å²) in [4.78, 5) is 6.14. The van der Waals surface area contributed by atoms with E-state index in [0.717, 1.165) is 5.52 Å². The van der Waals surface area contributed by atoms with Crippen LogP contribution in [0.15, 0.2) is 37.4 Å². The van der Waals surface area contributed by atoms with E-state index < -0.39 is 0 Å². The van der Waals surface area contributed by atoms with Crippen molar-refractivity contribution in [1.82, 2.24) is 9.97 Å². The summed E-state index contributed by atoms with van der Waals surface area (Å²) in [5.41, 5.74) is 2.89. The Kier molecular flexibility index (Phi) is 2.64. The van der Waals surface area contributed by atoms with Gasteiger partial charge in [0, 0.05) is 22.2 Å². The molecule has 3 rings (SSSR count). The molecule has 0 saturated carbocycles. The molecule has 0 saturated heterocycles. The molecule has 0 radical (unpaired) electrons. The Morgan fingerprint density at radius 1 is 0.900 bits per heavy atom. The maximum absolute atomic E-state index is 10.3. The molecule has 20 heavy (non-hydrogen) atoms. The quantitative estimate of drug-likeness (QED) is 0.581. The van der Waals surface area contributed by atoms with Crippen LogP contribution in [-0.2, 0) is 0 Å². The van der Waals surface area contributed by atoms with Gasteiger partial charge in [0.25, 0.3) is 0 Å². The minimum absolute atomic E-state index is 0.0387. The lowest BCUT2D eigenvalue weighted by atomic mass is 10.2. The number of hydrogen-bond acceptors (Lipinski definition) is 2. The van der Waals surface area contributed by atoms with E-state index in [1.165, 1.54) is 0 Å². The average Bonchev–Trinajstić information content (AvgIpc) is 2.97. The largest absolute Gasteiger partial charge is 0.505 e. The van der Waals surface area contributed by atoms with E-state index in [2.05, 4.69) is 23.1 Å². The lowest BCUT2D eigenvalue weighted by molar-refractivity contribution is 0.471. The van der Waals surface area contributed by atoms with Gasteiger partial charge in [-0.2, -0.15) is 0 Å². The van der Waals surface area contributed by atoms with E-state index >= 15 is 0 Å². The second-order valence-corrected chi connectivity index (χ2v) is 4.48. The van der Waals surface area contributed by atoms with Gasteiger partial charge in [0.05, 0.1) is 0 Å². The zero-order chi connectivity index (χ0) is 14.3. The van der Waals surface area contributed by atoms with Crippen LogP contribution >= 0.6 is 0 Å². The third-order valence-corrected chi connectivity index (χ3v) is 3.38. The maximum atomic E-state index is 10.3. The Labute approximate surface area is 115 Å². The molecule has 2 heterocycles. The third-order valence-electron chi connectivity index (χ3n) is 3.38. The van der Waals surface area contributed by atoms with E-state index in [4.69, 9.17) is 0 Å². The highest BCUT2D eigenvalue weighted by atomic mass is 16.3. The first-order chi connectivity index (χ1) is 9.67. The fourth-order valence-corrected chi connectivity index (χ4v) is 2.38. The molecule has 4 nitrogen and oxygen atoms in total. The summed E-state index contributed by atoms with van der Waals surface area (Å²) in [6, 6.07) is 7.40. The Morgan fingerprint density at radius 2 is 1.60 bits per heavy atom. The molecule has 4 N–H and O–H groups in total. The van der Waals surface area contributed by atoms with Gasteiger partial charge in [-0.1, -0.05) is 31.4 Å². The van der Waals surface area contributed by atoms with Crippen molar-refractivity contribution in [3.63, 3.8) is 0 Å². The van der Waals surface area contributed by atoms with Crippen molar-refractivity contribution in [3.8, 4) is 22.9 Å². The summed E-state index contributed by atoms with van der Waals surface area (Å²) in [5.74, 6) is 0.139. The minimum Gasteiger partial charge on any atom is -0.505 e. The second-order valence-electron chi connectivity index (χ2n) is 4.48. The van der Waals surface area contributed by atoms with Gasteiger partial charge in [-0.15, -0.1) is 0 Å². The molecule has 4 heteroatoms. The molecule has 1 aromatic carbocycles. The van der Waals surface area contributed by atoms with E-state index in [1.54, 1.807) is 12.2 Å². The van der Waals surface area contributed by atoms with Crippen LogP contribution in [-0.4, -0.2) is 20.2 Å². The third kappa shape index (κ3) is 1.55. The number of rotatable bonds is 3. The Morgan fingerprint density at radius 3 is 2.20 bits per heavy atom. The van der Waals surface area contributed by atoms with Gasteiger partial charge in [0.1, 0.15) is 11.4 Å². The Bertz CT molecular complexity index is 824. The molecule has 100 valence electrons. The SMILES string of the molecule is C=Cc1[nH]c(-c2[nH]c3ccccc3c2O)c(O)c1C=C. The van der Waals surface area contributed by atoms with Crippen LogP contribution in [0, 0.1) is 0 Å². The summed E-state index contributed by atoms with van der Waals surface area (Å²) in [6.45, 7) is 7.36. The van der Waals surface area contributed by atoms with E-state index in [0.29, 0.717) is 28.0 Å². The number of aromatic amines is 2. The highest BCUT2D eigenvalue weighted by Crippen LogP contribution is 2.41. The fourth-order valence-electron chi connectivity index (χ4n) is 2.38. The lowest BCUT2D eigenvalue weighted by Crippen LogP contribution is -1.79. The molecule has 0 spiro atoms. The van der Waals surface area contributed by atoms with Crippen molar-refractivity contribution in [3.05, 3.63) is 48.7 Å². The van der Waals surface area contributed by atoms with Crippen molar-refractivity contribution in [1.29, 1.82) is 0 Å². The molecular weight excluding hydrogens is 252 g/mol. The van der Waals surface area contributed by atoms with Crippen LogP contribution in [0.3, 0.4) is 0 Å². The first-order valence-electron chi connectivity index (χ1n) is 6.17. The van der Waals surface area contributed by atoms with Crippen molar-refractivity contribution >= 4 is 23.1 Å². The van der Waals surface area contributed by atoms with Crippen LogP contribution in [0.1, 0.15) is 11.3 Å². The summed E-state index contributed by atoms with van der Waals surface area (Å²) < 4.78 is 0. The van der Waals surface area contributed by atoms with E-state index in [1.807, 2.05) is 24.3 Å². The van der Waals surface area contributed by atoms with Crippen LogP contribution in [0.25, 0.3) is 34.4 Å². The number of fused-ring (bicyclic) bond motifs is 1. The summed E-state index contributed by atoms with van der Waals surface area (Å²) >= 11 is 0. The molecule has 3 aromatic rings. The second kappa shape index (κ2) is 4.35. The molecule has 0 atom stereocenters. The molecule has 0 bridgehead atoms. The molecule has 0 aliphatic heterocycles. The normalized spacial score (nSPS) is 10.8. The number of H-pyrrole nitrogens is 2. The standard InChI is InChI=1S/C16H14N2O2/c1-3-9-11(4-2)17-13(15(9)19)14-16(20)10-7-5-6-8-12(10)18-14/h3-8,17-20H,1-2H2. The molecule has 0 fully saturated rings. The molecule has 0 aliphatic rings. The van der Waals surface area contributed by atoms with Crippen LogP contribution in [0.5, 0.6) is 11.5 Å². The predicted octanol–water partition coefficient (Wildman–Crippen LogP) is 3.86. The molecular formula is C16H14N2O2. The highest BCUT2D eigenvalue weighted by Gasteiger charge is 2.20. The molecule has 2 aromatic heterocycles. The number of aromatic hydroxyl groups is 2. The molecule has 0 amide bonds. The predicted molar refractivity (Wildman–Crippen MR) is 81.6 cm³/mol. The summed E-state index contributed by atoms with van der Waals surface area (Å²) in [7, 11) is 0. The Hall–Kier alpha value is -2.88. The summed E-state index contributed by atoms with van der Waals surface area (Å²) in [5, 5.41) is 21.3. The van der Waals surface area contributed by atoms with Crippen molar-refractivity contribution in [2.75, 3.05) is 0 Å². The highest BCUT2D eigenvalue weighted by molar-refractivity contribution is 5.95. The van der Waals surface area contributed by atoms with Gasteiger partial charge in [0.2, 0.25) is 0 Å². The fraction of sp³-hybridized carbons (Fsp3) is 0. The van der Waals surface area contributed by atoms with Crippen molar-refractivity contribution in [2.45, 2.75) is 0 Å². The van der Waals surface area contributed by atoms with Crippen molar-refractivity contribution in [2.24, 2.45) is 0 Å². The summed E-state index contributed by atoms with van der Waals surface area (Å²) in [6.07, 6.45) is 3.14. The van der Waals surface area contributed by atoms with Crippen LogP contribution in [0.4, 0.5) is 0 Å². The number of hydrogen-bond donors (Lipinski definition) is 4. The van der Waals surface area contributed by atoms with Crippen molar-refractivity contribution < 1.29 is 10.2 Å². The number of aromatic nitrogens is 2. The number of nitrogens with one attached hydrogen (secondary N) is 2. The van der Waals surface area contributed by atoms with Gasteiger partial charge in [-0.3, -0.25) is 0 Å².